The van der Waals surface area contributed by atoms with Crippen molar-refractivity contribution in [1.29, 1.82) is 0 Å². The van der Waals surface area contributed by atoms with Gasteiger partial charge in [-0.1, -0.05) is 96.2 Å². The van der Waals surface area contributed by atoms with E-state index in [0.717, 1.165) is 34.9 Å². The van der Waals surface area contributed by atoms with Crippen LogP contribution in [0.3, 0.4) is 0 Å². The van der Waals surface area contributed by atoms with E-state index in [4.69, 9.17) is 41.0 Å². The third-order valence-electron chi connectivity index (χ3n) is 17.6. The number of ether oxygens (including phenoxy) is 5. The normalized spacial score (nSPS) is 24.7. The van der Waals surface area contributed by atoms with E-state index in [2.05, 4.69) is 56.7 Å². The summed E-state index contributed by atoms with van der Waals surface area (Å²) >= 11 is 9.62. The molecule has 2 aromatic rings. The summed E-state index contributed by atoms with van der Waals surface area (Å²) in [5, 5.41) is 36.4. The highest BCUT2D eigenvalue weighted by Crippen LogP contribution is 2.49. The van der Waals surface area contributed by atoms with E-state index in [-0.39, 0.29) is 60.2 Å². The quantitative estimate of drug-likeness (QED) is 0.0157. The number of alkyl carbamates (subject to hydrolysis) is 1. The van der Waals surface area contributed by atoms with E-state index < -0.39 is 130 Å². The SMILES string of the molecule is CCCC(C)[C]([Al])(CC)C(=O)CCCCC(=O)N[C@H](C(=O)N[C@@H](CCCNC(N)=O)C(=O)Nc1ccc(C(=O)N(C)[C@@H](C)C(=O)O[C@H]2CC(=O)N(C)c3cc(cc(OC)c3Cl)C/C(C)=C/C=C/[C@@H](OC)[C@@]3(O)C[C@H](OC(=O)N3)[C@@H](C)[C@@H]3O[C@@]23C)cc1O)C(C)C. The lowest BCUT2D eigenvalue weighted by molar-refractivity contribution is -0.158. The number of nitrogens with one attached hydrogen (secondary N) is 5. The summed E-state index contributed by atoms with van der Waals surface area (Å²) in [7, 11) is 5.68. The zero-order valence-corrected chi connectivity index (χ0v) is 56.0. The second-order valence-corrected chi connectivity index (χ2v) is 25.9. The first-order chi connectivity index (χ1) is 42.3. The van der Waals surface area contributed by atoms with Crippen molar-refractivity contribution in [3.63, 3.8) is 0 Å². The number of benzene rings is 2. The molecule has 4 bridgehead atoms. The van der Waals surface area contributed by atoms with Gasteiger partial charge in [0, 0.05) is 58.5 Å². The number of halogens is 1. The van der Waals surface area contributed by atoms with Gasteiger partial charge in [-0.2, -0.15) is 0 Å². The molecular weight excluding hydrogens is 1200 g/mol. The van der Waals surface area contributed by atoms with Crippen molar-refractivity contribution in [2.24, 2.45) is 23.5 Å². The average molecular weight is 1290 g/mol. The smallest absolute Gasteiger partial charge is 0.409 e. The zero-order chi connectivity index (χ0) is 67.2. The minimum atomic E-state index is -1.93. The van der Waals surface area contributed by atoms with Crippen LogP contribution in [0.1, 0.15) is 149 Å². The molecule has 3 heterocycles. The molecule has 2 unspecified atom stereocenters. The van der Waals surface area contributed by atoms with E-state index in [0.29, 0.717) is 43.5 Å². The number of allylic oxidation sites excluding steroid dienone is 3. The van der Waals surface area contributed by atoms with Crippen molar-refractivity contribution in [1.82, 2.24) is 26.2 Å². The number of urea groups is 1. The number of aliphatic hydroxyl groups is 1. The van der Waals surface area contributed by atoms with E-state index in [9.17, 15) is 53.4 Å². The van der Waals surface area contributed by atoms with Crippen molar-refractivity contribution >= 4 is 92.7 Å². The van der Waals surface area contributed by atoms with Gasteiger partial charge in [0.25, 0.3) is 5.91 Å². The largest absolute Gasteiger partial charge is 0.506 e. The van der Waals surface area contributed by atoms with Crippen LogP contribution in [0, 0.1) is 17.8 Å². The Morgan fingerprint density at radius 3 is 2.31 bits per heavy atom. The zero-order valence-electron chi connectivity index (χ0n) is 54.1. The van der Waals surface area contributed by atoms with Gasteiger partial charge >= 0.3 is 18.1 Å². The van der Waals surface area contributed by atoms with Crippen molar-refractivity contribution in [2.75, 3.05) is 45.1 Å². The monoisotopic (exact) mass is 1290 g/mol. The number of nitrogens with zero attached hydrogens (tertiary/aromatic N) is 2. The van der Waals surface area contributed by atoms with E-state index in [1.54, 1.807) is 52.0 Å². The molecule has 2 saturated heterocycles. The van der Waals surface area contributed by atoms with E-state index in [1.165, 1.54) is 52.3 Å². The highest BCUT2D eigenvalue weighted by Gasteiger charge is 2.64. The number of nitrogens with two attached hydrogens (primary N) is 1. The Labute approximate surface area is 541 Å². The maximum atomic E-state index is 14.5. The van der Waals surface area contributed by atoms with Crippen molar-refractivity contribution in [3.8, 4) is 11.5 Å². The minimum Gasteiger partial charge on any atom is -0.506 e. The molecule has 12 atom stereocenters. The Kier molecular flexibility index (Phi) is 26.7. The third-order valence-corrected chi connectivity index (χ3v) is 19.3. The molecule has 24 nitrogen and oxygen atoms in total. The number of carbonyl (C=O) groups is 9. The van der Waals surface area contributed by atoms with Gasteiger partial charge in [0.2, 0.25) is 23.6 Å². The summed E-state index contributed by atoms with van der Waals surface area (Å²) in [4.78, 5) is 124. The molecule has 3 aliphatic rings. The van der Waals surface area contributed by atoms with E-state index in [1.807, 2.05) is 19.9 Å². The predicted molar refractivity (Wildman–Crippen MR) is 339 cm³/mol. The molecule has 9 N–H and O–H groups in total. The summed E-state index contributed by atoms with van der Waals surface area (Å²) in [6.07, 6.45) is 3.84. The topological polar surface area (TPSA) is 336 Å². The number of anilines is 2. The van der Waals surface area contributed by atoms with Gasteiger partial charge < -0.3 is 75.5 Å². The fraction of sp³-hybridized carbons (Fsp3) is 0.609. The number of Topliss-reactive ketones (excluding diaryl/α,β-unsaturated/α-hetero) is 1. The number of primary amides is 1. The minimum absolute atomic E-state index is 0.0241. The predicted octanol–water partition coefficient (Wildman–Crippen LogP) is 6.85. The first-order valence-corrected chi connectivity index (χ1v) is 31.7. The number of amides is 8. The number of epoxide rings is 1. The van der Waals surface area contributed by atoms with Crippen LogP contribution in [0.25, 0.3) is 0 Å². The molecule has 0 aliphatic carbocycles. The molecule has 26 heteroatoms. The number of fused-ring (bicyclic) bond motifs is 5. The third kappa shape index (κ3) is 18.7. The fourth-order valence-electron chi connectivity index (χ4n) is 11.5. The first-order valence-electron chi connectivity index (χ1n) is 30.7. The summed E-state index contributed by atoms with van der Waals surface area (Å²) < 4.78 is 29.0. The molecule has 0 spiro atoms. The summed E-state index contributed by atoms with van der Waals surface area (Å²) in [6, 6.07) is 2.63. The molecule has 90 heavy (non-hydrogen) atoms. The number of carbonyl (C=O) groups excluding carboxylic acids is 9. The van der Waals surface area contributed by atoms with Crippen LogP contribution in [0.2, 0.25) is 9.30 Å². The summed E-state index contributed by atoms with van der Waals surface area (Å²) in [6.45, 7) is 16.3. The Hall–Kier alpha value is -6.75. The number of esters is 1. The molecule has 8 amide bonds. The molecule has 3 aliphatic heterocycles. The van der Waals surface area contributed by atoms with Crippen LogP contribution in [0.5, 0.6) is 11.5 Å². The van der Waals surface area contributed by atoms with Gasteiger partial charge in [-0.05, 0) is 105 Å². The molecular formula is C64H92AlClN8O16. The highest BCUT2D eigenvalue weighted by molar-refractivity contribution is 6.35. The lowest BCUT2D eigenvalue weighted by Crippen LogP contribution is -2.63. The number of aromatic hydroxyl groups is 1. The second-order valence-electron chi connectivity index (χ2n) is 24.5. The maximum absolute atomic E-state index is 14.5. The molecule has 2 aromatic carbocycles. The maximum Gasteiger partial charge on any atom is 0.409 e. The summed E-state index contributed by atoms with van der Waals surface area (Å²) in [5.41, 5.74) is 3.56. The Balaban J connectivity index is 1.32. The molecule has 5 rings (SSSR count). The van der Waals surface area contributed by atoms with Gasteiger partial charge in [-0.25, -0.2) is 14.4 Å². The number of methoxy groups -OCH3 is 2. The fourth-order valence-corrected chi connectivity index (χ4v) is 12.1. The highest BCUT2D eigenvalue weighted by atomic mass is 35.5. The van der Waals surface area contributed by atoms with Gasteiger partial charge in [0.15, 0.2) is 5.72 Å². The van der Waals surface area contributed by atoms with Crippen LogP contribution in [0.15, 0.2) is 54.1 Å². The van der Waals surface area contributed by atoms with Crippen molar-refractivity contribution < 1.29 is 77.0 Å². The molecule has 0 aromatic heterocycles. The lowest BCUT2D eigenvalue weighted by Gasteiger charge is -2.42. The number of unbranched alkanes of at least 4 members (excludes halogenated alkanes) is 1. The Morgan fingerprint density at radius 1 is 1.00 bits per heavy atom. The van der Waals surface area contributed by atoms with Crippen molar-refractivity contribution in [3.05, 3.63) is 70.3 Å². The number of rotatable bonds is 26. The number of phenols is 1. The van der Waals surface area contributed by atoms with Gasteiger partial charge in [0.1, 0.15) is 80.6 Å². The number of hydrogen-bond donors (Lipinski definition) is 8. The number of phenolic OH excluding ortho intramolecular Hbond substituents is 1. The van der Waals surface area contributed by atoms with Crippen LogP contribution < -0.4 is 42.0 Å². The Morgan fingerprint density at radius 2 is 1.69 bits per heavy atom. The van der Waals surface area contributed by atoms with Crippen LogP contribution in [-0.2, 0) is 54.1 Å². The van der Waals surface area contributed by atoms with Crippen LogP contribution in [0.4, 0.5) is 21.0 Å². The second kappa shape index (κ2) is 32.5. The standard InChI is InChI=1S/C64H92ClN8O16.Al/c1-14-20-37(6)42(15-2)46(74)23-16-17-25-52(76)70-55(35(3)4)58(79)69-44(22-19-28-67-61(66)82)57(78)68-43-27-26-41(32-47(43)75)59(80)72(10)39(8)60(81)88-51-33-53(77)73(11)45-30-40(31-48(85-12)54(45)65)29-36(5)21-18-24-50(86-13)64(84)34-49(87-62(83)71-64)38(7)56-63(51,9)89-56;/h18,21,24,26-27,30-32,35,37-39,44,49-51,55-56,75,84H,14-17,19-20,22-23,25,28-29,33-34H2,1-13H3,(H,68,78)(H,69,79)(H,70,76)(H,71,83)(H3,66,67,82);/b24-18+,36-21+;/t37?,38-,39+,44+,49+,50-,51+,55+,56+,63+,64+;/m1./s1. The first kappa shape index (κ1) is 74.0. The van der Waals surface area contributed by atoms with Crippen LogP contribution in [-0.4, -0.2) is 174 Å². The van der Waals surface area contributed by atoms with Crippen LogP contribution >= 0.6 is 11.6 Å². The van der Waals surface area contributed by atoms with E-state index >= 15 is 0 Å². The Bertz CT molecular complexity index is 3020. The number of likely N-dealkylation sites (N-methyl/N-ethyl adjacent to an activating group) is 1. The van der Waals surface area contributed by atoms with Gasteiger partial charge in [0.05, 0.1) is 31.0 Å². The summed E-state index contributed by atoms with van der Waals surface area (Å²) in [5.74, 6) is -5.16. The lowest BCUT2D eigenvalue weighted by atomic mass is 9.81. The molecule has 0 saturated carbocycles. The average Bonchev–Trinajstić information content (AvgIpc) is 1.57. The van der Waals surface area contributed by atoms with Crippen molar-refractivity contribution in [2.45, 2.75) is 198 Å². The molecule has 2 fully saturated rings. The molecule has 494 valence electrons. The number of hydrogen-bond acceptors (Lipinski definition) is 16. The number of ketones is 1. The van der Waals surface area contributed by atoms with Gasteiger partial charge in [-0.15, -0.1) is 0 Å². The van der Waals surface area contributed by atoms with Gasteiger partial charge in [-0.3, -0.25) is 29.3 Å². The molecule has 2 radical (unpaired) electrons.